The first-order valence-electron chi connectivity index (χ1n) is 4.73. The molecular formula is C9H15NO3S. The van der Waals surface area contributed by atoms with E-state index in [1.165, 1.54) is 0 Å². The number of hydrogen-bond acceptors (Lipinski definition) is 3. The first-order chi connectivity index (χ1) is 6.60. The van der Waals surface area contributed by atoms with Crippen molar-refractivity contribution < 1.29 is 14.7 Å². The summed E-state index contributed by atoms with van der Waals surface area (Å²) in [5.41, 5.74) is -1.00. The van der Waals surface area contributed by atoms with E-state index in [9.17, 15) is 9.59 Å². The minimum absolute atomic E-state index is 0.155. The predicted octanol–water partition coefficient (Wildman–Crippen LogP) is 0.863. The maximum Gasteiger partial charge on any atom is 0.330 e. The van der Waals surface area contributed by atoms with Gasteiger partial charge in [0.25, 0.3) is 0 Å². The minimum Gasteiger partial charge on any atom is -0.479 e. The number of aliphatic carboxylic acids is 1. The van der Waals surface area contributed by atoms with E-state index in [0.29, 0.717) is 18.6 Å². The zero-order chi connectivity index (χ0) is 10.6. The van der Waals surface area contributed by atoms with Crippen LogP contribution in [0.5, 0.6) is 0 Å². The topological polar surface area (TPSA) is 66.4 Å². The quantitative estimate of drug-likeness (QED) is 0.733. The van der Waals surface area contributed by atoms with Crippen molar-refractivity contribution in [2.45, 2.75) is 31.7 Å². The lowest BCUT2D eigenvalue weighted by Gasteiger charge is -2.24. The Labute approximate surface area is 87.4 Å². The number of carbonyl (C=O) groups is 2. The monoisotopic (exact) mass is 217 g/mol. The molecule has 0 aromatic heterocycles. The van der Waals surface area contributed by atoms with Crippen molar-refractivity contribution >= 4 is 23.6 Å². The van der Waals surface area contributed by atoms with E-state index in [1.807, 2.05) is 6.92 Å². The second-order valence-corrected chi connectivity index (χ2v) is 4.59. The van der Waals surface area contributed by atoms with Crippen molar-refractivity contribution in [2.75, 3.05) is 11.5 Å². The van der Waals surface area contributed by atoms with Crippen molar-refractivity contribution in [1.82, 2.24) is 5.32 Å². The van der Waals surface area contributed by atoms with Gasteiger partial charge in [0.2, 0.25) is 5.91 Å². The Morgan fingerprint density at radius 1 is 1.57 bits per heavy atom. The van der Waals surface area contributed by atoms with Crippen LogP contribution >= 0.6 is 11.8 Å². The number of carboxylic acid groups (broad SMARTS) is 1. The second-order valence-electron chi connectivity index (χ2n) is 3.49. The fourth-order valence-electron chi connectivity index (χ4n) is 1.44. The van der Waals surface area contributed by atoms with Gasteiger partial charge in [0.1, 0.15) is 5.54 Å². The van der Waals surface area contributed by atoms with Gasteiger partial charge in [-0.2, -0.15) is 11.8 Å². The van der Waals surface area contributed by atoms with Crippen molar-refractivity contribution in [3.05, 3.63) is 0 Å². The average molecular weight is 217 g/mol. The highest BCUT2D eigenvalue weighted by Gasteiger charge is 2.42. The van der Waals surface area contributed by atoms with E-state index in [0.717, 1.165) is 12.2 Å². The predicted molar refractivity (Wildman–Crippen MR) is 55.4 cm³/mol. The summed E-state index contributed by atoms with van der Waals surface area (Å²) in [6.45, 7) is 1.90. The van der Waals surface area contributed by atoms with E-state index < -0.39 is 11.5 Å². The molecule has 1 fully saturated rings. The number of carbonyl (C=O) groups excluding carboxylic acids is 1. The smallest absolute Gasteiger partial charge is 0.330 e. The Hall–Kier alpha value is -0.710. The molecule has 0 radical (unpaired) electrons. The lowest BCUT2D eigenvalue weighted by molar-refractivity contribution is -0.146. The number of hydrogen-bond donors (Lipinski definition) is 2. The Kier molecular flexibility index (Phi) is 3.80. The third-order valence-electron chi connectivity index (χ3n) is 2.29. The van der Waals surface area contributed by atoms with Crippen LogP contribution in [0, 0.1) is 0 Å². The molecule has 0 aliphatic carbocycles. The van der Waals surface area contributed by atoms with Gasteiger partial charge in [-0.3, -0.25) is 4.79 Å². The number of thioether (sulfide) groups is 1. The molecule has 0 aromatic carbocycles. The van der Waals surface area contributed by atoms with Gasteiger partial charge in [-0.05, 0) is 18.6 Å². The summed E-state index contributed by atoms with van der Waals surface area (Å²) in [6, 6.07) is 0. The van der Waals surface area contributed by atoms with Crippen LogP contribution in [0.4, 0.5) is 0 Å². The van der Waals surface area contributed by atoms with Crippen molar-refractivity contribution in [3.63, 3.8) is 0 Å². The average Bonchev–Trinajstić information content (AvgIpc) is 2.54. The highest BCUT2D eigenvalue weighted by Crippen LogP contribution is 2.28. The molecule has 5 heteroatoms. The van der Waals surface area contributed by atoms with Gasteiger partial charge in [-0.15, -0.1) is 0 Å². The standard InChI is InChI=1S/C9H15NO3S/c1-2-3-7(11)10-9(8(12)13)4-5-14-6-9/h2-6H2,1H3,(H,10,11)(H,12,13). The van der Waals surface area contributed by atoms with Crippen LogP contribution in [-0.4, -0.2) is 34.0 Å². The zero-order valence-corrected chi connectivity index (χ0v) is 9.02. The summed E-state index contributed by atoms with van der Waals surface area (Å²) in [5, 5.41) is 11.7. The molecule has 80 valence electrons. The van der Waals surface area contributed by atoms with Gasteiger partial charge in [-0.25, -0.2) is 4.79 Å². The largest absolute Gasteiger partial charge is 0.479 e. The van der Waals surface area contributed by atoms with E-state index in [-0.39, 0.29) is 5.91 Å². The van der Waals surface area contributed by atoms with E-state index in [1.54, 1.807) is 11.8 Å². The van der Waals surface area contributed by atoms with E-state index in [2.05, 4.69) is 5.32 Å². The van der Waals surface area contributed by atoms with Crippen LogP contribution in [0.2, 0.25) is 0 Å². The molecule has 0 aromatic rings. The summed E-state index contributed by atoms with van der Waals surface area (Å²) in [6.07, 6.45) is 1.68. The molecule has 1 aliphatic rings. The zero-order valence-electron chi connectivity index (χ0n) is 8.21. The Morgan fingerprint density at radius 3 is 2.71 bits per heavy atom. The van der Waals surface area contributed by atoms with E-state index >= 15 is 0 Å². The van der Waals surface area contributed by atoms with Crippen molar-refractivity contribution in [1.29, 1.82) is 0 Å². The third kappa shape index (κ3) is 2.41. The minimum atomic E-state index is -1.00. The summed E-state index contributed by atoms with van der Waals surface area (Å²) in [5.74, 6) is 0.223. The van der Waals surface area contributed by atoms with Gasteiger partial charge in [-0.1, -0.05) is 6.92 Å². The summed E-state index contributed by atoms with van der Waals surface area (Å²) in [4.78, 5) is 22.4. The molecule has 0 spiro atoms. The molecule has 1 rings (SSSR count). The van der Waals surface area contributed by atoms with Crippen LogP contribution in [0.3, 0.4) is 0 Å². The molecule has 0 bridgehead atoms. The number of carboxylic acids is 1. The molecule has 0 saturated carbocycles. The van der Waals surface area contributed by atoms with Gasteiger partial charge in [0.15, 0.2) is 0 Å². The van der Waals surface area contributed by atoms with Gasteiger partial charge >= 0.3 is 5.97 Å². The van der Waals surface area contributed by atoms with Crippen LogP contribution in [0.1, 0.15) is 26.2 Å². The van der Waals surface area contributed by atoms with Crippen LogP contribution in [0.15, 0.2) is 0 Å². The Balaban J connectivity index is 2.60. The number of amides is 1. The van der Waals surface area contributed by atoms with Gasteiger partial charge < -0.3 is 10.4 Å². The molecule has 1 saturated heterocycles. The fourth-order valence-corrected chi connectivity index (χ4v) is 2.77. The number of nitrogens with one attached hydrogen (secondary N) is 1. The SMILES string of the molecule is CCCC(=O)NC1(C(=O)O)CCSC1. The highest BCUT2D eigenvalue weighted by molar-refractivity contribution is 7.99. The Bertz CT molecular complexity index is 236. The molecule has 4 nitrogen and oxygen atoms in total. The maximum atomic E-state index is 11.3. The molecule has 1 atom stereocenters. The lowest BCUT2D eigenvalue weighted by Crippen LogP contribution is -2.54. The number of rotatable bonds is 4. The molecule has 14 heavy (non-hydrogen) atoms. The summed E-state index contributed by atoms with van der Waals surface area (Å²) in [7, 11) is 0. The highest BCUT2D eigenvalue weighted by atomic mass is 32.2. The Morgan fingerprint density at radius 2 is 2.29 bits per heavy atom. The third-order valence-corrected chi connectivity index (χ3v) is 3.48. The molecule has 1 amide bonds. The van der Waals surface area contributed by atoms with Crippen molar-refractivity contribution in [2.24, 2.45) is 0 Å². The summed E-state index contributed by atoms with van der Waals surface area (Å²) >= 11 is 1.57. The van der Waals surface area contributed by atoms with Crippen LogP contribution < -0.4 is 5.32 Å². The fraction of sp³-hybridized carbons (Fsp3) is 0.778. The summed E-state index contributed by atoms with van der Waals surface area (Å²) < 4.78 is 0. The van der Waals surface area contributed by atoms with Crippen LogP contribution in [0.25, 0.3) is 0 Å². The molecule has 1 heterocycles. The molecular weight excluding hydrogens is 202 g/mol. The van der Waals surface area contributed by atoms with Crippen LogP contribution in [-0.2, 0) is 9.59 Å². The first kappa shape index (κ1) is 11.4. The molecule has 1 aliphatic heterocycles. The van der Waals surface area contributed by atoms with Crippen molar-refractivity contribution in [3.8, 4) is 0 Å². The molecule has 2 N–H and O–H groups in total. The van der Waals surface area contributed by atoms with Gasteiger partial charge in [0.05, 0.1) is 0 Å². The lowest BCUT2D eigenvalue weighted by atomic mass is 9.99. The first-order valence-corrected chi connectivity index (χ1v) is 5.88. The normalized spacial score (nSPS) is 26.1. The molecule has 1 unspecified atom stereocenters. The van der Waals surface area contributed by atoms with E-state index in [4.69, 9.17) is 5.11 Å². The maximum absolute atomic E-state index is 11.3. The van der Waals surface area contributed by atoms with Gasteiger partial charge in [0, 0.05) is 12.2 Å². The second kappa shape index (κ2) is 4.68.